The Balaban J connectivity index is 2.25. The highest BCUT2D eigenvalue weighted by molar-refractivity contribution is 5.41. The fourth-order valence-electron chi connectivity index (χ4n) is 1.76. The predicted octanol–water partition coefficient (Wildman–Crippen LogP) is 3.17. The molecule has 0 spiro atoms. The molecule has 0 atom stereocenters. The number of rotatable bonds is 5. The van der Waals surface area contributed by atoms with E-state index in [2.05, 4.69) is 0 Å². The second-order valence-corrected chi connectivity index (χ2v) is 4.28. The summed E-state index contributed by atoms with van der Waals surface area (Å²) in [6.45, 7) is 0.492. The van der Waals surface area contributed by atoms with E-state index in [0.717, 1.165) is 5.56 Å². The van der Waals surface area contributed by atoms with E-state index in [1.807, 2.05) is 0 Å². The topological polar surface area (TPSA) is 78.4 Å². The van der Waals surface area contributed by atoms with Gasteiger partial charge in [0, 0.05) is 0 Å². The molecule has 0 saturated heterocycles. The summed E-state index contributed by atoms with van der Waals surface area (Å²) in [4.78, 5) is 9.62. The maximum absolute atomic E-state index is 13.7. The van der Waals surface area contributed by atoms with Crippen LogP contribution in [0.4, 0.5) is 14.5 Å². The molecule has 0 aliphatic rings. The zero-order chi connectivity index (χ0) is 15.4. The van der Waals surface area contributed by atoms with E-state index >= 15 is 0 Å². The third-order valence-corrected chi connectivity index (χ3v) is 2.77. The van der Waals surface area contributed by atoms with Crippen LogP contribution in [0, 0.1) is 21.7 Å². The van der Waals surface area contributed by atoms with Gasteiger partial charge in [-0.25, -0.2) is 8.78 Å². The minimum atomic E-state index is -1.13. The Morgan fingerprint density at radius 3 is 2.19 bits per heavy atom. The summed E-state index contributed by atoms with van der Waals surface area (Å²) in [5.41, 5.74) is 5.71. The molecule has 2 rings (SSSR count). The lowest BCUT2D eigenvalue weighted by molar-refractivity contribution is -0.385. The monoisotopic (exact) mass is 294 g/mol. The van der Waals surface area contributed by atoms with Crippen molar-refractivity contribution < 1.29 is 18.4 Å². The van der Waals surface area contributed by atoms with Crippen molar-refractivity contribution in [1.82, 2.24) is 0 Å². The first-order valence-corrected chi connectivity index (χ1v) is 6.11. The number of hydrogen-bond acceptors (Lipinski definition) is 4. The highest BCUT2D eigenvalue weighted by Gasteiger charge is 2.18. The van der Waals surface area contributed by atoms with Gasteiger partial charge in [-0.15, -0.1) is 0 Å². The third kappa shape index (κ3) is 3.51. The zero-order valence-electron chi connectivity index (χ0n) is 10.9. The van der Waals surface area contributed by atoms with E-state index in [-0.39, 0.29) is 5.75 Å². The lowest BCUT2D eigenvalue weighted by Crippen LogP contribution is -2.02. The number of nitrogens with zero attached hydrogens (tertiary/aromatic N) is 1. The number of ether oxygens (including phenoxy) is 1. The molecule has 0 radical (unpaired) electrons. The van der Waals surface area contributed by atoms with Gasteiger partial charge in [0.15, 0.2) is 17.4 Å². The van der Waals surface area contributed by atoms with Crippen molar-refractivity contribution in [2.45, 2.75) is 6.42 Å². The van der Waals surface area contributed by atoms with Crippen molar-refractivity contribution in [3.8, 4) is 11.5 Å². The van der Waals surface area contributed by atoms with Crippen molar-refractivity contribution in [2.24, 2.45) is 5.73 Å². The summed E-state index contributed by atoms with van der Waals surface area (Å²) >= 11 is 0. The normalized spacial score (nSPS) is 10.4. The molecule has 0 saturated carbocycles. The van der Waals surface area contributed by atoms with Crippen LogP contribution in [0.5, 0.6) is 11.5 Å². The summed E-state index contributed by atoms with van der Waals surface area (Å²) in [6.07, 6.45) is 0.681. The molecule has 0 aliphatic heterocycles. The fourth-order valence-corrected chi connectivity index (χ4v) is 1.76. The van der Waals surface area contributed by atoms with Crippen LogP contribution < -0.4 is 10.5 Å². The van der Waals surface area contributed by atoms with Crippen LogP contribution in [0.3, 0.4) is 0 Å². The summed E-state index contributed by atoms with van der Waals surface area (Å²) in [7, 11) is 0. The Kier molecular flexibility index (Phi) is 4.44. The number of nitro benzene ring substituents is 1. The van der Waals surface area contributed by atoms with E-state index in [4.69, 9.17) is 10.5 Å². The van der Waals surface area contributed by atoms with E-state index in [1.165, 1.54) is 0 Å². The van der Waals surface area contributed by atoms with Crippen LogP contribution in [0.1, 0.15) is 5.56 Å². The minimum Gasteiger partial charge on any atom is -0.451 e. The van der Waals surface area contributed by atoms with Crippen LogP contribution in [-0.2, 0) is 6.42 Å². The molecule has 0 unspecified atom stereocenters. The van der Waals surface area contributed by atoms with E-state index in [1.54, 1.807) is 24.3 Å². The Morgan fingerprint density at radius 2 is 1.71 bits per heavy atom. The number of non-ortho nitro benzene ring substituents is 1. The number of benzene rings is 2. The van der Waals surface area contributed by atoms with Crippen LogP contribution in [0.25, 0.3) is 0 Å². The molecule has 2 aromatic carbocycles. The summed E-state index contributed by atoms with van der Waals surface area (Å²) in [5, 5.41) is 10.5. The average Bonchev–Trinajstić information content (AvgIpc) is 2.44. The van der Waals surface area contributed by atoms with Crippen molar-refractivity contribution in [3.63, 3.8) is 0 Å². The maximum Gasteiger partial charge on any atom is 0.275 e. The molecule has 0 bridgehead atoms. The summed E-state index contributed by atoms with van der Waals surface area (Å²) in [6, 6.07) is 7.77. The molecule has 5 nitrogen and oxygen atoms in total. The van der Waals surface area contributed by atoms with Crippen LogP contribution >= 0.6 is 0 Å². The van der Waals surface area contributed by atoms with Gasteiger partial charge in [0.05, 0.1) is 17.1 Å². The van der Waals surface area contributed by atoms with E-state index in [0.29, 0.717) is 25.1 Å². The Hall–Kier alpha value is -2.54. The van der Waals surface area contributed by atoms with Crippen molar-refractivity contribution >= 4 is 5.69 Å². The fraction of sp³-hybridized carbons (Fsp3) is 0.143. The number of nitrogens with two attached hydrogens (primary N) is 1. The van der Waals surface area contributed by atoms with Gasteiger partial charge in [0.25, 0.3) is 5.69 Å². The minimum absolute atomic E-state index is 0.224. The molecule has 21 heavy (non-hydrogen) atoms. The highest BCUT2D eigenvalue weighted by Crippen LogP contribution is 2.31. The van der Waals surface area contributed by atoms with Crippen LogP contribution in [0.15, 0.2) is 36.4 Å². The second-order valence-electron chi connectivity index (χ2n) is 4.28. The second kappa shape index (κ2) is 6.27. The molecule has 2 N–H and O–H groups in total. The lowest BCUT2D eigenvalue weighted by Gasteiger charge is -2.08. The molecule has 0 aromatic heterocycles. The standard InChI is InChI=1S/C14H12F2N2O3/c15-12-7-10(18(19)20)8-13(16)14(12)21-11-3-1-9(2-4-11)5-6-17/h1-4,7-8H,5-6,17H2. The van der Waals surface area contributed by atoms with Crippen molar-refractivity contribution in [2.75, 3.05) is 6.54 Å². The van der Waals surface area contributed by atoms with Gasteiger partial charge in [-0.3, -0.25) is 10.1 Å². The molecule has 0 heterocycles. The Labute approximate surface area is 119 Å². The third-order valence-electron chi connectivity index (χ3n) is 2.77. The molecule has 7 heteroatoms. The zero-order valence-corrected chi connectivity index (χ0v) is 10.9. The molecular weight excluding hydrogens is 282 g/mol. The van der Waals surface area contributed by atoms with Crippen LogP contribution in [0.2, 0.25) is 0 Å². The van der Waals surface area contributed by atoms with Crippen molar-refractivity contribution in [3.05, 3.63) is 63.7 Å². The summed E-state index contributed by atoms with van der Waals surface area (Å²) in [5.74, 6) is -2.71. The predicted molar refractivity (Wildman–Crippen MR) is 72.3 cm³/mol. The van der Waals surface area contributed by atoms with E-state index < -0.39 is 28.0 Å². The molecule has 0 amide bonds. The lowest BCUT2D eigenvalue weighted by atomic mass is 10.1. The maximum atomic E-state index is 13.7. The number of nitro groups is 1. The number of halogens is 2. The smallest absolute Gasteiger partial charge is 0.275 e. The van der Waals surface area contributed by atoms with Gasteiger partial charge >= 0.3 is 0 Å². The number of hydrogen-bond donors (Lipinski definition) is 1. The molecule has 110 valence electrons. The van der Waals surface area contributed by atoms with Gasteiger partial charge in [-0.1, -0.05) is 12.1 Å². The first kappa shape index (κ1) is 14.9. The summed E-state index contributed by atoms with van der Waals surface area (Å²) < 4.78 is 32.4. The molecular formula is C14H12F2N2O3. The van der Waals surface area contributed by atoms with Gasteiger partial charge in [0.2, 0.25) is 0 Å². The van der Waals surface area contributed by atoms with Gasteiger partial charge in [-0.2, -0.15) is 0 Å². The van der Waals surface area contributed by atoms with E-state index in [9.17, 15) is 18.9 Å². The molecule has 2 aromatic rings. The SMILES string of the molecule is NCCc1ccc(Oc2c(F)cc([N+](=O)[O-])cc2F)cc1. The highest BCUT2D eigenvalue weighted by atomic mass is 19.1. The van der Waals surface area contributed by atoms with Gasteiger partial charge < -0.3 is 10.5 Å². The first-order valence-electron chi connectivity index (χ1n) is 6.11. The largest absolute Gasteiger partial charge is 0.451 e. The first-order chi connectivity index (χ1) is 10.0. The van der Waals surface area contributed by atoms with Crippen molar-refractivity contribution in [1.29, 1.82) is 0 Å². The molecule has 0 fully saturated rings. The molecule has 0 aliphatic carbocycles. The van der Waals surface area contributed by atoms with Gasteiger partial charge in [-0.05, 0) is 30.7 Å². The van der Waals surface area contributed by atoms with Gasteiger partial charge in [0.1, 0.15) is 5.75 Å². The quantitative estimate of drug-likeness (QED) is 0.678. The van der Waals surface area contributed by atoms with Crippen LogP contribution in [-0.4, -0.2) is 11.5 Å². The Bertz CT molecular complexity index is 637. The Morgan fingerprint density at radius 1 is 1.14 bits per heavy atom. The average molecular weight is 294 g/mol.